The summed E-state index contributed by atoms with van der Waals surface area (Å²) in [4.78, 5) is 29.0. The third-order valence-electron chi connectivity index (χ3n) is 5.14. The number of para-hydroxylation sites is 1. The molecule has 1 heterocycles. The first kappa shape index (κ1) is 18.1. The summed E-state index contributed by atoms with van der Waals surface area (Å²) in [7, 11) is 1.74. The fraction of sp³-hybridized carbons (Fsp3) is 0.333. The molecule has 0 spiro atoms. The summed E-state index contributed by atoms with van der Waals surface area (Å²) in [6.07, 6.45) is 0.907. The predicted octanol–water partition coefficient (Wildman–Crippen LogP) is 2.77. The molecule has 2 aromatic rings. The molecule has 1 fully saturated rings. The maximum Gasteiger partial charge on any atom is 0.258 e. The van der Waals surface area contributed by atoms with Gasteiger partial charge < -0.3 is 15.5 Å². The molecular formula is C21H25N3O2. The van der Waals surface area contributed by atoms with Crippen LogP contribution in [0.15, 0.2) is 54.6 Å². The first-order chi connectivity index (χ1) is 12.4. The maximum absolute atomic E-state index is 12.8. The SMILES string of the molecule is CN(C(=O)c1cccc(C(=O)N2CCC(C)(CN)C2)c1)c1ccccc1. The molecule has 26 heavy (non-hydrogen) atoms. The number of rotatable bonds is 4. The predicted molar refractivity (Wildman–Crippen MR) is 103 cm³/mol. The molecule has 1 aliphatic heterocycles. The quantitative estimate of drug-likeness (QED) is 0.921. The molecule has 0 saturated carbocycles. The molecule has 1 saturated heterocycles. The molecule has 5 heteroatoms. The highest BCUT2D eigenvalue weighted by atomic mass is 16.2. The Kier molecular flexibility index (Phi) is 5.09. The average Bonchev–Trinajstić information content (AvgIpc) is 3.10. The molecule has 0 aromatic heterocycles. The van der Waals surface area contributed by atoms with Crippen LogP contribution in [-0.4, -0.2) is 43.4 Å². The third-order valence-corrected chi connectivity index (χ3v) is 5.14. The van der Waals surface area contributed by atoms with Gasteiger partial charge in [-0.25, -0.2) is 0 Å². The van der Waals surface area contributed by atoms with Crippen molar-refractivity contribution >= 4 is 17.5 Å². The van der Waals surface area contributed by atoms with E-state index in [1.165, 1.54) is 0 Å². The van der Waals surface area contributed by atoms with E-state index in [4.69, 9.17) is 5.73 Å². The van der Waals surface area contributed by atoms with Gasteiger partial charge in [0.2, 0.25) is 0 Å². The second-order valence-corrected chi connectivity index (χ2v) is 7.27. The van der Waals surface area contributed by atoms with E-state index in [1.807, 2.05) is 35.2 Å². The lowest BCUT2D eigenvalue weighted by atomic mass is 9.90. The number of amides is 2. The van der Waals surface area contributed by atoms with E-state index >= 15 is 0 Å². The van der Waals surface area contributed by atoms with Gasteiger partial charge in [0.25, 0.3) is 11.8 Å². The highest BCUT2D eigenvalue weighted by Crippen LogP contribution is 2.29. The summed E-state index contributed by atoms with van der Waals surface area (Å²) in [5, 5.41) is 0. The van der Waals surface area contributed by atoms with E-state index in [2.05, 4.69) is 6.92 Å². The number of hydrogen-bond acceptors (Lipinski definition) is 3. The maximum atomic E-state index is 12.8. The fourth-order valence-electron chi connectivity index (χ4n) is 3.29. The minimum Gasteiger partial charge on any atom is -0.338 e. The van der Waals surface area contributed by atoms with Crippen LogP contribution in [0.5, 0.6) is 0 Å². The second kappa shape index (κ2) is 7.30. The van der Waals surface area contributed by atoms with Gasteiger partial charge in [0.15, 0.2) is 0 Å². The third kappa shape index (κ3) is 3.63. The van der Waals surface area contributed by atoms with Crippen LogP contribution in [0, 0.1) is 5.41 Å². The molecule has 5 nitrogen and oxygen atoms in total. The van der Waals surface area contributed by atoms with E-state index in [9.17, 15) is 9.59 Å². The lowest BCUT2D eigenvalue weighted by molar-refractivity contribution is 0.0777. The zero-order valence-electron chi connectivity index (χ0n) is 15.3. The molecule has 2 amide bonds. The Morgan fingerprint density at radius 3 is 2.46 bits per heavy atom. The zero-order chi connectivity index (χ0) is 18.7. The molecule has 1 atom stereocenters. The van der Waals surface area contributed by atoms with Crippen LogP contribution < -0.4 is 10.6 Å². The van der Waals surface area contributed by atoms with Gasteiger partial charge >= 0.3 is 0 Å². The van der Waals surface area contributed by atoms with Crippen molar-refractivity contribution in [2.45, 2.75) is 13.3 Å². The first-order valence-electron chi connectivity index (χ1n) is 8.86. The van der Waals surface area contributed by atoms with Crippen molar-refractivity contribution in [1.82, 2.24) is 4.90 Å². The molecule has 0 bridgehead atoms. The first-order valence-corrected chi connectivity index (χ1v) is 8.86. The van der Waals surface area contributed by atoms with Crippen molar-refractivity contribution in [3.05, 3.63) is 65.7 Å². The van der Waals surface area contributed by atoms with Crippen molar-refractivity contribution in [3.63, 3.8) is 0 Å². The van der Waals surface area contributed by atoms with Crippen molar-refractivity contribution in [3.8, 4) is 0 Å². The van der Waals surface area contributed by atoms with Gasteiger partial charge in [-0.3, -0.25) is 9.59 Å². The number of anilines is 1. The molecule has 1 unspecified atom stereocenters. The highest BCUT2D eigenvalue weighted by Gasteiger charge is 2.35. The summed E-state index contributed by atoms with van der Waals surface area (Å²) in [6, 6.07) is 16.4. The molecular weight excluding hydrogens is 326 g/mol. The van der Waals surface area contributed by atoms with Crippen LogP contribution in [0.1, 0.15) is 34.1 Å². The number of carbonyl (C=O) groups is 2. The number of hydrogen-bond donors (Lipinski definition) is 1. The van der Waals surface area contributed by atoms with E-state index < -0.39 is 0 Å². The van der Waals surface area contributed by atoms with Gasteiger partial charge in [-0.1, -0.05) is 31.2 Å². The Balaban J connectivity index is 1.78. The molecule has 136 valence electrons. The summed E-state index contributed by atoms with van der Waals surface area (Å²) in [5.74, 6) is -0.182. The van der Waals surface area contributed by atoms with Crippen molar-refractivity contribution in [2.24, 2.45) is 11.1 Å². The van der Waals surface area contributed by atoms with Gasteiger partial charge in [-0.05, 0) is 48.7 Å². The van der Waals surface area contributed by atoms with Crippen LogP contribution in [0.3, 0.4) is 0 Å². The largest absolute Gasteiger partial charge is 0.338 e. The van der Waals surface area contributed by atoms with Crippen LogP contribution in [0.4, 0.5) is 5.69 Å². The summed E-state index contributed by atoms with van der Waals surface area (Å²) < 4.78 is 0. The van der Waals surface area contributed by atoms with Crippen molar-refractivity contribution in [1.29, 1.82) is 0 Å². The van der Waals surface area contributed by atoms with Crippen molar-refractivity contribution < 1.29 is 9.59 Å². The lowest BCUT2D eigenvalue weighted by Crippen LogP contribution is -2.34. The second-order valence-electron chi connectivity index (χ2n) is 7.27. The molecule has 2 aromatic carbocycles. The highest BCUT2D eigenvalue weighted by molar-refractivity contribution is 6.07. The van der Waals surface area contributed by atoms with Crippen LogP contribution in [0.2, 0.25) is 0 Å². The zero-order valence-corrected chi connectivity index (χ0v) is 15.3. The molecule has 2 N–H and O–H groups in total. The van der Waals surface area contributed by atoms with Crippen LogP contribution >= 0.6 is 0 Å². The Labute approximate surface area is 154 Å². The molecule has 0 radical (unpaired) electrons. The van der Waals surface area contributed by atoms with Gasteiger partial charge in [-0.15, -0.1) is 0 Å². The molecule has 0 aliphatic carbocycles. The smallest absolute Gasteiger partial charge is 0.258 e. The van der Waals surface area contributed by atoms with E-state index in [0.29, 0.717) is 30.8 Å². The molecule has 1 aliphatic rings. The Morgan fingerprint density at radius 1 is 1.12 bits per heavy atom. The topological polar surface area (TPSA) is 66.6 Å². The summed E-state index contributed by atoms with van der Waals surface area (Å²) >= 11 is 0. The van der Waals surface area contributed by atoms with Crippen LogP contribution in [0.25, 0.3) is 0 Å². The number of benzene rings is 2. The van der Waals surface area contributed by atoms with Crippen molar-refractivity contribution in [2.75, 3.05) is 31.6 Å². The van der Waals surface area contributed by atoms with E-state index in [0.717, 1.165) is 12.1 Å². The van der Waals surface area contributed by atoms with Crippen LogP contribution in [-0.2, 0) is 0 Å². The Hall–Kier alpha value is -2.66. The number of nitrogens with zero attached hydrogens (tertiary/aromatic N) is 2. The van der Waals surface area contributed by atoms with E-state index in [-0.39, 0.29) is 17.2 Å². The lowest BCUT2D eigenvalue weighted by Gasteiger charge is -2.23. The number of carbonyl (C=O) groups excluding carboxylic acids is 2. The van der Waals surface area contributed by atoms with Gasteiger partial charge in [0.05, 0.1) is 0 Å². The summed E-state index contributed by atoms with van der Waals surface area (Å²) in [5.41, 5.74) is 7.67. The van der Waals surface area contributed by atoms with Gasteiger partial charge in [-0.2, -0.15) is 0 Å². The standard InChI is InChI=1S/C21H25N3O2/c1-21(14-22)11-12-24(15-21)20(26)17-8-6-7-16(13-17)19(25)23(2)18-9-4-3-5-10-18/h3-10,13H,11-12,14-15,22H2,1-2H3. The number of nitrogens with two attached hydrogens (primary N) is 1. The Bertz CT molecular complexity index is 806. The number of likely N-dealkylation sites (tertiary alicyclic amines) is 1. The fourth-order valence-corrected chi connectivity index (χ4v) is 3.29. The van der Waals surface area contributed by atoms with Gasteiger partial charge in [0.1, 0.15) is 0 Å². The monoisotopic (exact) mass is 351 g/mol. The minimum atomic E-state index is -0.140. The minimum absolute atomic E-state index is 0.0172. The Morgan fingerprint density at radius 2 is 1.81 bits per heavy atom. The summed E-state index contributed by atoms with van der Waals surface area (Å²) in [6.45, 7) is 4.03. The van der Waals surface area contributed by atoms with E-state index in [1.54, 1.807) is 36.2 Å². The molecule has 3 rings (SSSR count). The normalized spacial score (nSPS) is 19.4. The average molecular weight is 351 g/mol. The van der Waals surface area contributed by atoms with Gasteiger partial charge in [0, 0.05) is 37.0 Å².